The summed E-state index contributed by atoms with van der Waals surface area (Å²) < 4.78 is 22.0. The zero-order chi connectivity index (χ0) is 20.2. The third-order valence-corrected chi connectivity index (χ3v) is 5.47. The van der Waals surface area contributed by atoms with E-state index in [-0.39, 0.29) is 39.1 Å². The SMILES string of the molecule is CC(C)(C)SC(=O)OC1/C=C/C(OC(=O)SC(C)(C)C)CC2OCOC2C1. The molecule has 0 bridgehead atoms. The first kappa shape index (κ1) is 22.6. The number of rotatable bonds is 2. The first-order valence-electron chi connectivity index (χ1n) is 9.12. The summed E-state index contributed by atoms with van der Waals surface area (Å²) in [6.07, 6.45) is 3.35. The number of hydrogen-bond donors (Lipinski definition) is 0. The second-order valence-electron chi connectivity index (χ2n) is 8.63. The minimum atomic E-state index is -0.446. The zero-order valence-electron chi connectivity index (χ0n) is 16.9. The van der Waals surface area contributed by atoms with Crippen LogP contribution >= 0.6 is 23.5 Å². The first-order valence-corrected chi connectivity index (χ1v) is 10.8. The van der Waals surface area contributed by atoms with Gasteiger partial charge >= 0.3 is 10.6 Å². The molecule has 2 rings (SSSR count). The molecule has 4 atom stereocenters. The van der Waals surface area contributed by atoms with E-state index in [1.54, 1.807) is 12.2 Å². The average molecular weight is 419 g/mol. The molecule has 1 heterocycles. The Hall–Kier alpha value is -0.700. The molecule has 0 amide bonds. The highest BCUT2D eigenvalue weighted by molar-refractivity contribution is 8.14. The van der Waals surface area contributed by atoms with Crippen LogP contribution in [0, 0.1) is 0 Å². The van der Waals surface area contributed by atoms with Gasteiger partial charge in [-0.25, -0.2) is 9.59 Å². The van der Waals surface area contributed by atoms with Crippen molar-refractivity contribution in [3.05, 3.63) is 12.2 Å². The van der Waals surface area contributed by atoms with Crippen LogP contribution in [0.2, 0.25) is 0 Å². The molecule has 0 saturated carbocycles. The summed E-state index contributed by atoms with van der Waals surface area (Å²) >= 11 is 2.30. The van der Waals surface area contributed by atoms with Crippen molar-refractivity contribution >= 4 is 34.1 Å². The predicted octanol–water partition coefficient (Wildman–Crippen LogP) is 5.15. The van der Waals surface area contributed by atoms with Crippen molar-refractivity contribution in [2.75, 3.05) is 6.79 Å². The van der Waals surface area contributed by atoms with E-state index in [9.17, 15) is 9.59 Å². The highest BCUT2D eigenvalue weighted by atomic mass is 32.2. The van der Waals surface area contributed by atoms with E-state index >= 15 is 0 Å². The van der Waals surface area contributed by atoms with Crippen LogP contribution in [0.4, 0.5) is 9.59 Å². The summed E-state index contributed by atoms with van der Waals surface area (Å²) in [6, 6.07) is 0. The van der Waals surface area contributed by atoms with Crippen LogP contribution in [0.5, 0.6) is 0 Å². The molecule has 0 aromatic rings. The van der Waals surface area contributed by atoms with Crippen LogP contribution in [0.3, 0.4) is 0 Å². The molecule has 0 radical (unpaired) electrons. The molecule has 1 saturated heterocycles. The molecule has 6 nitrogen and oxygen atoms in total. The molecular formula is C19H30O6S2. The highest BCUT2D eigenvalue weighted by Gasteiger charge is 2.36. The van der Waals surface area contributed by atoms with E-state index in [1.807, 2.05) is 41.5 Å². The second-order valence-corrected chi connectivity index (χ2v) is 12.2. The Morgan fingerprint density at radius 1 is 0.815 bits per heavy atom. The Kier molecular flexibility index (Phi) is 7.70. The third kappa shape index (κ3) is 8.46. The van der Waals surface area contributed by atoms with Gasteiger partial charge in [0.2, 0.25) is 0 Å². The van der Waals surface area contributed by atoms with Gasteiger partial charge in [0.05, 0.1) is 12.2 Å². The standard InChI is InChI=1S/C19H30O6S2/c1-18(2,3)26-16(20)24-12-7-8-13(25-17(21)27-19(4,5)6)10-15-14(9-12)22-11-23-15/h7-8,12-15H,9-11H2,1-6H3/b8-7+. The van der Waals surface area contributed by atoms with Crippen molar-refractivity contribution in [1.82, 2.24) is 0 Å². The van der Waals surface area contributed by atoms with Crippen molar-refractivity contribution in [2.45, 2.75) is 88.3 Å². The lowest BCUT2D eigenvalue weighted by molar-refractivity contribution is 0.0283. The molecule has 0 aromatic heterocycles. The Bertz CT molecular complexity index is 516. The summed E-state index contributed by atoms with van der Waals surface area (Å²) in [4.78, 5) is 24.4. The fourth-order valence-corrected chi connectivity index (χ4v) is 4.04. The van der Waals surface area contributed by atoms with Gasteiger partial charge < -0.3 is 18.9 Å². The van der Waals surface area contributed by atoms with Gasteiger partial charge in [0.1, 0.15) is 19.0 Å². The van der Waals surface area contributed by atoms with E-state index in [1.165, 1.54) is 0 Å². The summed E-state index contributed by atoms with van der Waals surface area (Å²) in [7, 11) is 0. The van der Waals surface area contributed by atoms with Crippen LogP contribution in [0.25, 0.3) is 0 Å². The Morgan fingerprint density at radius 2 is 1.19 bits per heavy atom. The van der Waals surface area contributed by atoms with Crippen molar-refractivity contribution in [3.63, 3.8) is 0 Å². The lowest BCUT2D eigenvalue weighted by atomic mass is 9.97. The average Bonchev–Trinajstić information content (AvgIpc) is 2.84. The number of carbonyl (C=O) groups excluding carboxylic acids is 2. The van der Waals surface area contributed by atoms with Crippen LogP contribution in [-0.2, 0) is 18.9 Å². The maximum absolute atomic E-state index is 12.2. The predicted molar refractivity (Wildman–Crippen MR) is 108 cm³/mol. The first-order chi connectivity index (χ1) is 12.4. The smallest absolute Gasteiger partial charge is 0.368 e. The third-order valence-electron chi connectivity index (χ3n) is 3.72. The lowest BCUT2D eigenvalue weighted by Gasteiger charge is -2.27. The number of ether oxygens (including phenoxy) is 4. The molecule has 8 heteroatoms. The minimum absolute atomic E-state index is 0.191. The summed E-state index contributed by atoms with van der Waals surface area (Å²) in [5.41, 5.74) is 0. The fraction of sp³-hybridized carbons (Fsp3) is 0.789. The molecule has 2 aliphatic rings. The molecular weight excluding hydrogens is 388 g/mol. The van der Waals surface area contributed by atoms with Crippen LogP contribution in [-0.4, -0.2) is 51.3 Å². The van der Waals surface area contributed by atoms with E-state index in [4.69, 9.17) is 18.9 Å². The number of carbonyl (C=O) groups is 2. The molecule has 1 fully saturated rings. The zero-order valence-corrected chi connectivity index (χ0v) is 18.5. The van der Waals surface area contributed by atoms with E-state index < -0.39 is 12.2 Å². The number of thioether (sulfide) groups is 2. The Labute approximate surface area is 170 Å². The molecule has 1 aliphatic heterocycles. The molecule has 27 heavy (non-hydrogen) atoms. The molecule has 0 spiro atoms. The molecule has 0 N–H and O–H groups in total. The summed E-state index contributed by atoms with van der Waals surface area (Å²) in [5.74, 6) is 0. The van der Waals surface area contributed by atoms with Crippen molar-refractivity contribution in [2.24, 2.45) is 0 Å². The van der Waals surface area contributed by atoms with Crippen LogP contribution in [0.15, 0.2) is 12.2 Å². The normalized spacial score (nSPS) is 30.0. The molecule has 1 aliphatic carbocycles. The monoisotopic (exact) mass is 418 g/mol. The van der Waals surface area contributed by atoms with Gasteiger partial charge in [0.25, 0.3) is 0 Å². The lowest BCUT2D eigenvalue weighted by Crippen LogP contribution is -2.34. The van der Waals surface area contributed by atoms with Gasteiger partial charge in [0.15, 0.2) is 0 Å². The fourth-order valence-electron chi connectivity index (χ4n) is 2.70. The van der Waals surface area contributed by atoms with Crippen molar-refractivity contribution in [1.29, 1.82) is 0 Å². The maximum Gasteiger partial charge on any atom is 0.368 e. The topological polar surface area (TPSA) is 71.1 Å². The van der Waals surface area contributed by atoms with Gasteiger partial charge in [-0.05, 0) is 35.7 Å². The van der Waals surface area contributed by atoms with Gasteiger partial charge in [-0.2, -0.15) is 0 Å². The van der Waals surface area contributed by atoms with Gasteiger partial charge in [-0.1, -0.05) is 41.5 Å². The minimum Gasteiger partial charge on any atom is -0.450 e. The van der Waals surface area contributed by atoms with Crippen LogP contribution < -0.4 is 0 Å². The van der Waals surface area contributed by atoms with E-state index in [2.05, 4.69) is 0 Å². The van der Waals surface area contributed by atoms with Crippen molar-refractivity contribution in [3.8, 4) is 0 Å². The van der Waals surface area contributed by atoms with Gasteiger partial charge in [-0.15, -0.1) is 0 Å². The van der Waals surface area contributed by atoms with E-state index in [0.717, 1.165) is 23.5 Å². The number of hydrogen-bond acceptors (Lipinski definition) is 8. The van der Waals surface area contributed by atoms with Gasteiger partial charge in [-0.3, -0.25) is 0 Å². The van der Waals surface area contributed by atoms with Crippen molar-refractivity contribution < 1.29 is 28.5 Å². The largest absolute Gasteiger partial charge is 0.450 e. The second kappa shape index (κ2) is 9.20. The summed E-state index contributed by atoms with van der Waals surface area (Å²) in [6.45, 7) is 11.9. The summed E-state index contributed by atoms with van der Waals surface area (Å²) in [5, 5.41) is -0.657. The number of fused-ring (bicyclic) bond motifs is 1. The molecule has 154 valence electrons. The molecule has 4 unspecified atom stereocenters. The Morgan fingerprint density at radius 3 is 1.52 bits per heavy atom. The molecule has 0 aromatic carbocycles. The van der Waals surface area contributed by atoms with Gasteiger partial charge in [0, 0.05) is 22.3 Å². The van der Waals surface area contributed by atoms with E-state index in [0.29, 0.717) is 12.8 Å². The highest BCUT2D eigenvalue weighted by Crippen LogP contribution is 2.31. The Balaban J connectivity index is 2.04. The quantitative estimate of drug-likeness (QED) is 0.450. The maximum atomic E-state index is 12.2. The van der Waals surface area contributed by atoms with Crippen LogP contribution in [0.1, 0.15) is 54.4 Å².